The molecule has 1 saturated heterocycles. The van der Waals surface area contributed by atoms with Crippen molar-refractivity contribution in [2.75, 3.05) is 0 Å². The molecule has 94 valence electrons. The van der Waals surface area contributed by atoms with Crippen LogP contribution in [0.1, 0.15) is 26.7 Å². The molecule has 0 aromatic carbocycles. The lowest BCUT2D eigenvalue weighted by atomic mass is 10.1. The molecule has 1 unspecified atom stereocenters. The quantitative estimate of drug-likeness (QED) is 0.754. The van der Waals surface area contributed by atoms with E-state index >= 15 is 0 Å². The number of aryl methyl sites for hydroxylation is 1. The highest BCUT2D eigenvalue weighted by molar-refractivity contribution is 4.88. The van der Waals surface area contributed by atoms with Crippen LogP contribution in [-0.2, 0) is 18.3 Å². The third-order valence-electron chi connectivity index (χ3n) is 3.18. The Balaban J connectivity index is 2.23. The van der Waals surface area contributed by atoms with Gasteiger partial charge in [0.25, 0.3) is 5.56 Å². The number of nitrogens with zero attached hydrogens (tertiary/aromatic N) is 2. The van der Waals surface area contributed by atoms with E-state index in [2.05, 4.69) is 0 Å². The fourth-order valence-electron chi connectivity index (χ4n) is 2.19. The standard InChI is InChI=1S/C12H18N2O3/c1-12(2)6-4-9(17-12)8-14-10(15)5-7-13(3)11(14)16/h5,7,9H,4,6,8H2,1-3H3. The minimum atomic E-state index is -0.286. The highest BCUT2D eigenvalue weighted by Gasteiger charge is 2.32. The van der Waals surface area contributed by atoms with Crippen LogP contribution < -0.4 is 11.2 Å². The number of aromatic nitrogens is 2. The van der Waals surface area contributed by atoms with Crippen molar-refractivity contribution in [3.8, 4) is 0 Å². The second-order valence-corrected chi connectivity index (χ2v) is 5.20. The topological polar surface area (TPSA) is 53.2 Å². The minimum Gasteiger partial charge on any atom is -0.370 e. The van der Waals surface area contributed by atoms with Crippen molar-refractivity contribution in [1.29, 1.82) is 0 Å². The first kappa shape index (κ1) is 12.1. The van der Waals surface area contributed by atoms with Crippen LogP contribution in [0.2, 0.25) is 0 Å². The first-order chi connectivity index (χ1) is 7.89. The van der Waals surface area contributed by atoms with E-state index in [-0.39, 0.29) is 23.0 Å². The molecule has 5 heteroatoms. The number of hydrogen-bond donors (Lipinski definition) is 0. The van der Waals surface area contributed by atoms with Crippen LogP contribution in [0.3, 0.4) is 0 Å². The normalized spacial score (nSPS) is 22.9. The van der Waals surface area contributed by atoms with Gasteiger partial charge < -0.3 is 9.30 Å². The van der Waals surface area contributed by atoms with Crippen LogP contribution in [0, 0.1) is 0 Å². The van der Waals surface area contributed by atoms with Gasteiger partial charge in [0.15, 0.2) is 0 Å². The molecule has 5 nitrogen and oxygen atoms in total. The molecule has 0 spiro atoms. The first-order valence-electron chi connectivity index (χ1n) is 5.83. The Labute approximate surface area is 99.6 Å². The van der Waals surface area contributed by atoms with E-state index in [1.54, 1.807) is 7.05 Å². The summed E-state index contributed by atoms with van der Waals surface area (Å²) >= 11 is 0. The van der Waals surface area contributed by atoms with Gasteiger partial charge >= 0.3 is 5.69 Å². The third-order valence-corrected chi connectivity index (χ3v) is 3.18. The third kappa shape index (κ3) is 2.49. The smallest absolute Gasteiger partial charge is 0.330 e. The molecule has 1 aromatic heterocycles. The van der Waals surface area contributed by atoms with Crippen molar-refractivity contribution < 1.29 is 4.74 Å². The summed E-state index contributed by atoms with van der Waals surface area (Å²) in [6.45, 7) is 4.40. The lowest BCUT2D eigenvalue weighted by Gasteiger charge is -2.19. The van der Waals surface area contributed by atoms with Crippen molar-refractivity contribution in [1.82, 2.24) is 9.13 Å². The second-order valence-electron chi connectivity index (χ2n) is 5.20. The summed E-state index contributed by atoms with van der Waals surface area (Å²) < 4.78 is 8.44. The monoisotopic (exact) mass is 238 g/mol. The molecule has 1 aliphatic rings. The van der Waals surface area contributed by atoms with Crippen LogP contribution in [0.5, 0.6) is 0 Å². The first-order valence-corrected chi connectivity index (χ1v) is 5.83. The summed E-state index contributed by atoms with van der Waals surface area (Å²) in [6, 6.07) is 1.40. The summed E-state index contributed by atoms with van der Waals surface area (Å²) in [5.41, 5.74) is -0.693. The van der Waals surface area contributed by atoms with E-state index in [4.69, 9.17) is 4.74 Å². The number of ether oxygens (including phenoxy) is 1. The highest BCUT2D eigenvalue weighted by atomic mass is 16.5. The minimum absolute atomic E-state index is 0.0437. The summed E-state index contributed by atoms with van der Waals surface area (Å²) in [7, 11) is 1.64. The average Bonchev–Trinajstić information content (AvgIpc) is 2.59. The van der Waals surface area contributed by atoms with Crippen molar-refractivity contribution >= 4 is 0 Å². The SMILES string of the molecule is Cn1ccc(=O)n(CC2CCC(C)(C)O2)c1=O. The predicted molar refractivity (Wildman–Crippen MR) is 64.1 cm³/mol. The van der Waals surface area contributed by atoms with Crippen LogP contribution in [0.15, 0.2) is 21.9 Å². The maximum absolute atomic E-state index is 11.8. The lowest BCUT2D eigenvalue weighted by molar-refractivity contribution is -0.0226. The Morgan fingerprint density at radius 3 is 2.76 bits per heavy atom. The van der Waals surface area contributed by atoms with Gasteiger partial charge in [-0.25, -0.2) is 4.79 Å². The molecule has 0 bridgehead atoms. The zero-order chi connectivity index (χ0) is 12.6. The molecule has 0 saturated carbocycles. The zero-order valence-corrected chi connectivity index (χ0v) is 10.5. The summed E-state index contributed by atoms with van der Waals surface area (Å²) in [4.78, 5) is 23.4. The summed E-state index contributed by atoms with van der Waals surface area (Å²) in [5, 5.41) is 0. The van der Waals surface area contributed by atoms with Gasteiger partial charge in [-0.2, -0.15) is 0 Å². The van der Waals surface area contributed by atoms with Gasteiger partial charge in [-0.05, 0) is 26.7 Å². The van der Waals surface area contributed by atoms with E-state index in [0.29, 0.717) is 6.54 Å². The maximum Gasteiger partial charge on any atom is 0.330 e. The molecule has 17 heavy (non-hydrogen) atoms. The zero-order valence-electron chi connectivity index (χ0n) is 10.5. The Bertz CT molecular complexity index is 527. The Morgan fingerprint density at radius 2 is 2.18 bits per heavy atom. The van der Waals surface area contributed by atoms with E-state index in [1.165, 1.54) is 21.4 Å². The van der Waals surface area contributed by atoms with E-state index < -0.39 is 0 Å². The van der Waals surface area contributed by atoms with Crippen molar-refractivity contribution in [3.63, 3.8) is 0 Å². The van der Waals surface area contributed by atoms with Gasteiger partial charge in [-0.1, -0.05) is 0 Å². The molecule has 0 amide bonds. The van der Waals surface area contributed by atoms with Gasteiger partial charge in [0.2, 0.25) is 0 Å². The van der Waals surface area contributed by atoms with Crippen molar-refractivity contribution in [2.45, 2.75) is 44.9 Å². The largest absolute Gasteiger partial charge is 0.370 e. The fraction of sp³-hybridized carbons (Fsp3) is 0.667. The van der Waals surface area contributed by atoms with E-state index in [0.717, 1.165) is 12.8 Å². The van der Waals surface area contributed by atoms with Gasteiger partial charge in [0.05, 0.1) is 18.2 Å². The van der Waals surface area contributed by atoms with Crippen LogP contribution in [0.25, 0.3) is 0 Å². The molecule has 0 N–H and O–H groups in total. The molecule has 1 aromatic rings. The molecule has 2 heterocycles. The van der Waals surface area contributed by atoms with Gasteiger partial charge in [0.1, 0.15) is 0 Å². The van der Waals surface area contributed by atoms with Gasteiger partial charge in [-0.3, -0.25) is 9.36 Å². The predicted octanol–water partition coefficient (Wildman–Crippen LogP) is 0.505. The molecule has 2 rings (SSSR count). The van der Waals surface area contributed by atoms with Gasteiger partial charge in [0, 0.05) is 19.3 Å². The lowest BCUT2D eigenvalue weighted by Crippen LogP contribution is -2.41. The molecule has 1 atom stereocenters. The van der Waals surface area contributed by atoms with Crippen molar-refractivity contribution in [3.05, 3.63) is 33.1 Å². The average molecular weight is 238 g/mol. The van der Waals surface area contributed by atoms with E-state index in [9.17, 15) is 9.59 Å². The van der Waals surface area contributed by atoms with Crippen LogP contribution in [0.4, 0.5) is 0 Å². The Morgan fingerprint density at radius 1 is 1.47 bits per heavy atom. The molecule has 0 aliphatic carbocycles. The van der Waals surface area contributed by atoms with E-state index in [1.807, 2.05) is 13.8 Å². The van der Waals surface area contributed by atoms with Crippen molar-refractivity contribution in [2.24, 2.45) is 7.05 Å². The second kappa shape index (κ2) is 4.14. The highest BCUT2D eigenvalue weighted by Crippen LogP contribution is 2.29. The summed E-state index contributed by atoms with van der Waals surface area (Å²) in [5.74, 6) is 0. The summed E-state index contributed by atoms with van der Waals surface area (Å²) in [6.07, 6.45) is 3.29. The Kier molecular flexibility index (Phi) is 2.95. The molecule has 1 aliphatic heterocycles. The molecule has 1 fully saturated rings. The fourth-order valence-corrected chi connectivity index (χ4v) is 2.19. The van der Waals surface area contributed by atoms with Crippen LogP contribution >= 0.6 is 0 Å². The van der Waals surface area contributed by atoms with Crippen LogP contribution in [-0.4, -0.2) is 20.8 Å². The number of hydrogen-bond acceptors (Lipinski definition) is 3. The van der Waals surface area contributed by atoms with Gasteiger partial charge in [-0.15, -0.1) is 0 Å². The molecule has 0 radical (unpaired) electrons. The number of rotatable bonds is 2. The molecular formula is C12H18N2O3. The molecular weight excluding hydrogens is 220 g/mol. The maximum atomic E-state index is 11.8. The Hall–Kier alpha value is -1.36.